The second-order valence-corrected chi connectivity index (χ2v) is 10.8. The number of nitrogens with one attached hydrogen (secondary N) is 2. The highest BCUT2D eigenvalue weighted by Gasteiger charge is 2.36. The first kappa shape index (κ1) is 30.8. The van der Waals surface area contributed by atoms with Crippen LogP contribution in [0.15, 0.2) is 18.2 Å². The molecule has 3 amide bonds. The van der Waals surface area contributed by atoms with Gasteiger partial charge in [0.1, 0.15) is 17.7 Å². The molecule has 2 atom stereocenters. The number of ether oxygens (including phenoxy) is 1. The summed E-state index contributed by atoms with van der Waals surface area (Å²) < 4.78 is 5.41. The van der Waals surface area contributed by atoms with Gasteiger partial charge in [0.15, 0.2) is 0 Å². The number of hydrogen-bond donors (Lipinski definition) is 2. The zero-order valence-electron chi connectivity index (χ0n) is 22.8. The zero-order chi connectivity index (χ0) is 26.6. The standard InChI is InChI=1S/C27H45N3O4S/c1-9-11-12-17-28-24(31)23(21-15-13-14-19(3)20(21)4)30(10-2)25(32)22(16-18-35-8)29-26(33)34-27(5,6)7/h13-15,22-23H,9-12,16-18H2,1-8H3,(H,28,31)(H,29,33). The molecule has 0 saturated heterocycles. The number of benzene rings is 1. The molecular weight excluding hydrogens is 462 g/mol. The van der Waals surface area contributed by atoms with E-state index in [1.54, 1.807) is 37.4 Å². The van der Waals surface area contributed by atoms with Crippen LogP contribution in [0.5, 0.6) is 0 Å². The number of rotatable bonds is 13. The van der Waals surface area contributed by atoms with E-state index in [-0.39, 0.29) is 11.8 Å². The average molecular weight is 508 g/mol. The van der Waals surface area contributed by atoms with Crippen molar-refractivity contribution >= 4 is 29.7 Å². The molecule has 0 spiro atoms. The molecule has 1 rings (SSSR count). The summed E-state index contributed by atoms with van der Waals surface area (Å²) in [5.74, 6) is 0.189. The maximum atomic E-state index is 13.8. The molecule has 0 heterocycles. The van der Waals surface area contributed by atoms with Crippen molar-refractivity contribution in [2.75, 3.05) is 25.1 Å². The van der Waals surface area contributed by atoms with E-state index in [9.17, 15) is 14.4 Å². The van der Waals surface area contributed by atoms with Gasteiger partial charge in [-0.05, 0) is 83.1 Å². The Morgan fingerprint density at radius 1 is 1.11 bits per heavy atom. The van der Waals surface area contributed by atoms with Crippen LogP contribution in [0.25, 0.3) is 0 Å². The molecule has 7 nitrogen and oxygen atoms in total. The fourth-order valence-electron chi connectivity index (χ4n) is 3.81. The topological polar surface area (TPSA) is 87.7 Å². The number of unbranched alkanes of at least 4 members (excludes halogenated alkanes) is 2. The third-order valence-corrected chi connectivity index (χ3v) is 6.45. The molecule has 198 valence electrons. The number of thioether (sulfide) groups is 1. The Bertz CT molecular complexity index is 838. The summed E-state index contributed by atoms with van der Waals surface area (Å²) in [6, 6.07) is 4.24. The van der Waals surface area contributed by atoms with Gasteiger partial charge in [0.2, 0.25) is 11.8 Å². The summed E-state index contributed by atoms with van der Waals surface area (Å²) in [4.78, 5) is 41.5. The highest BCUT2D eigenvalue weighted by atomic mass is 32.2. The van der Waals surface area contributed by atoms with Gasteiger partial charge in [0, 0.05) is 13.1 Å². The monoisotopic (exact) mass is 507 g/mol. The van der Waals surface area contributed by atoms with E-state index in [0.29, 0.717) is 25.3 Å². The Kier molecular flexibility index (Phi) is 13.2. The number of hydrogen-bond acceptors (Lipinski definition) is 5. The summed E-state index contributed by atoms with van der Waals surface area (Å²) in [6.45, 7) is 14.2. The summed E-state index contributed by atoms with van der Waals surface area (Å²) in [6.07, 6.45) is 4.73. The van der Waals surface area contributed by atoms with Gasteiger partial charge in [-0.25, -0.2) is 4.79 Å². The van der Waals surface area contributed by atoms with Gasteiger partial charge < -0.3 is 20.3 Å². The quantitative estimate of drug-likeness (QED) is 0.361. The minimum atomic E-state index is -0.794. The van der Waals surface area contributed by atoms with Crippen LogP contribution >= 0.6 is 11.8 Å². The minimum Gasteiger partial charge on any atom is -0.444 e. The smallest absolute Gasteiger partial charge is 0.408 e. The molecule has 0 bridgehead atoms. The number of amides is 3. The maximum absolute atomic E-state index is 13.8. The lowest BCUT2D eigenvalue weighted by molar-refractivity contribution is -0.142. The van der Waals surface area contributed by atoms with Crippen LogP contribution in [0.3, 0.4) is 0 Å². The van der Waals surface area contributed by atoms with Crippen molar-refractivity contribution < 1.29 is 19.1 Å². The number of carbonyl (C=O) groups excluding carboxylic acids is 3. The van der Waals surface area contributed by atoms with Crippen molar-refractivity contribution in [2.24, 2.45) is 0 Å². The minimum absolute atomic E-state index is 0.203. The number of alkyl carbamates (subject to hydrolysis) is 1. The van der Waals surface area contributed by atoms with Crippen LogP contribution < -0.4 is 10.6 Å². The molecule has 0 aliphatic heterocycles. The molecule has 0 aliphatic rings. The van der Waals surface area contributed by atoms with Crippen molar-refractivity contribution in [1.29, 1.82) is 0 Å². The van der Waals surface area contributed by atoms with Crippen molar-refractivity contribution in [3.63, 3.8) is 0 Å². The van der Waals surface area contributed by atoms with E-state index in [4.69, 9.17) is 4.74 Å². The predicted octanol–water partition coefficient (Wildman–Crippen LogP) is 5.15. The summed E-state index contributed by atoms with van der Waals surface area (Å²) >= 11 is 1.60. The van der Waals surface area contributed by atoms with E-state index < -0.39 is 23.8 Å². The molecule has 8 heteroatoms. The Morgan fingerprint density at radius 2 is 1.80 bits per heavy atom. The average Bonchev–Trinajstić information content (AvgIpc) is 2.78. The van der Waals surface area contributed by atoms with Crippen LogP contribution in [-0.2, 0) is 14.3 Å². The van der Waals surface area contributed by atoms with Crippen LogP contribution in [0.2, 0.25) is 0 Å². The van der Waals surface area contributed by atoms with Crippen LogP contribution in [-0.4, -0.2) is 59.5 Å². The molecule has 0 aliphatic carbocycles. The molecule has 1 aromatic carbocycles. The first-order valence-electron chi connectivity index (χ1n) is 12.6. The number of carbonyl (C=O) groups is 3. The summed E-state index contributed by atoms with van der Waals surface area (Å²) in [7, 11) is 0. The van der Waals surface area contributed by atoms with E-state index in [2.05, 4.69) is 17.6 Å². The van der Waals surface area contributed by atoms with Gasteiger partial charge in [-0.15, -0.1) is 0 Å². The zero-order valence-corrected chi connectivity index (χ0v) is 23.6. The van der Waals surface area contributed by atoms with Gasteiger partial charge in [-0.2, -0.15) is 11.8 Å². The van der Waals surface area contributed by atoms with Crippen molar-refractivity contribution in [1.82, 2.24) is 15.5 Å². The summed E-state index contributed by atoms with van der Waals surface area (Å²) in [5, 5.41) is 5.79. The van der Waals surface area contributed by atoms with E-state index >= 15 is 0 Å². The van der Waals surface area contributed by atoms with Gasteiger partial charge in [-0.3, -0.25) is 9.59 Å². The maximum Gasteiger partial charge on any atom is 0.408 e. The van der Waals surface area contributed by atoms with Crippen molar-refractivity contribution in [3.8, 4) is 0 Å². The molecule has 2 N–H and O–H groups in total. The molecule has 0 fully saturated rings. The first-order valence-corrected chi connectivity index (χ1v) is 14.0. The van der Waals surface area contributed by atoms with Gasteiger partial charge in [0.05, 0.1) is 0 Å². The molecule has 0 aromatic heterocycles. The fraction of sp³-hybridized carbons (Fsp3) is 0.667. The van der Waals surface area contributed by atoms with Crippen molar-refractivity contribution in [3.05, 3.63) is 34.9 Å². The molecule has 0 radical (unpaired) electrons. The second kappa shape index (κ2) is 15.0. The van der Waals surface area contributed by atoms with Gasteiger partial charge in [0.25, 0.3) is 0 Å². The van der Waals surface area contributed by atoms with E-state index in [1.807, 2.05) is 45.2 Å². The van der Waals surface area contributed by atoms with Gasteiger partial charge >= 0.3 is 6.09 Å². The SMILES string of the molecule is CCCCCNC(=O)C(c1cccc(C)c1C)N(CC)C(=O)C(CCSC)NC(=O)OC(C)(C)C. The van der Waals surface area contributed by atoms with Crippen molar-refractivity contribution in [2.45, 2.75) is 91.8 Å². The highest BCUT2D eigenvalue weighted by Crippen LogP contribution is 2.27. The lowest BCUT2D eigenvalue weighted by atomic mass is 9.95. The number of aryl methyl sites for hydroxylation is 1. The molecule has 2 unspecified atom stereocenters. The van der Waals surface area contributed by atoms with E-state index in [1.165, 1.54) is 0 Å². The molecule has 1 aromatic rings. The van der Waals surface area contributed by atoms with Crippen LogP contribution in [0.4, 0.5) is 4.79 Å². The lowest BCUT2D eigenvalue weighted by Crippen LogP contribution is -2.53. The molecule has 35 heavy (non-hydrogen) atoms. The third kappa shape index (κ3) is 10.1. The second-order valence-electron chi connectivity index (χ2n) is 9.79. The predicted molar refractivity (Wildman–Crippen MR) is 145 cm³/mol. The van der Waals surface area contributed by atoms with Gasteiger partial charge in [-0.1, -0.05) is 38.0 Å². The Labute approximate surface area is 216 Å². The van der Waals surface area contributed by atoms with Crippen LogP contribution in [0, 0.1) is 13.8 Å². The Balaban J connectivity index is 3.33. The fourth-order valence-corrected chi connectivity index (χ4v) is 4.28. The normalized spacial score (nSPS) is 13.0. The highest BCUT2D eigenvalue weighted by molar-refractivity contribution is 7.98. The lowest BCUT2D eigenvalue weighted by Gasteiger charge is -2.34. The number of nitrogens with zero attached hydrogens (tertiary/aromatic N) is 1. The molecular formula is C27H45N3O4S. The summed E-state index contributed by atoms with van der Waals surface area (Å²) in [5.41, 5.74) is 2.16. The largest absolute Gasteiger partial charge is 0.444 e. The number of likely N-dealkylation sites (N-methyl/N-ethyl adjacent to an activating group) is 1. The van der Waals surface area contributed by atoms with Crippen LogP contribution in [0.1, 0.15) is 83.0 Å². The molecule has 0 saturated carbocycles. The van der Waals surface area contributed by atoms with E-state index in [0.717, 1.165) is 36.0 Å². The Hall–Kier alpha value is -2.22. The Morgan fingerprint density at radius 3 is 2.37 bits per heavy atom. The first-order chi connectivity index (χ1) is 16.5. The third-order valence-electron chi connectivity index (χ3n) is 5.80.